The average Bonchev–Trinajstić information content (AvgIpc) is 3.22. The molecular weight excluding hydrogens is 432 g/mol. The first-order valence-corrected chi connectivity index (χ1v) is 5.92. The van der Waals surface area contributed by atoms with Gasteiger partial charge < -0.3 is 18.9 Å². The molecule has 1 atom stereocenters. The van der Waals surface area contributed by atoms with Gasteiger partial charge in [0, 0.05) is 27.7 Å². The number of benzene rings is 1. The quantitative estimate of drug-likeness (QED) is 0.168. The third-order valence-corrected chi connectivity index (χ3v) is 2.31. The molecule has 1 aliphatic heterocycles. The molecule has 0 saturated carbocycles. The second kappa shape index (κ2) is 8.90. The molecule has 108 valence electrons. The maximum absolute atomic E-state index is 11.3. The number of hydrogen-bond acceptors (Lipinski definition) is 5. The van der Waals surface area contributed by atoms with E-state index in [1.165, 1.54) is 0 Å². The van der Waals surface area contributed by atoms with E-state index in [0.717, 1.165) is 5.56 Å². The Labute approximate surface area is 132 Å². The number of carbonyl (C=O) groups excluding carboxylic acids is 1. The van der Waals surface area contributed by atoms with Crippen LogP contribution in [0.2, 0.25) is 0 Å². The van der Waals surface area contributed by atoms with Crippen molar-refractivity contribution in [1.29, 1.82) is 0 Å². The van der Waals surface area contributed by atoms with Gasteiger partial charge in [0.1, 0.15) is 5.75 Å². The van der Waals surface area contributed by atoms with Crippen molar-refractivity contribution in [3.8, 4) is 5.75 Å². The minimum Gasteiger partial charge on any atom is -0.568 e. The van der Waals surface area contributed by atoms with Crippen LogP contribution in [-0.2, 0) is 35.3 Å². The van der Waals surface area contributed by atoms with Crippen molar-refractivity contribution in [2.45, 2.75) is 13.0 Å². The van der Waals surface area contributed by atoms with Gasteiger partial charge in [-0.2, -0.15) is 6.61 Å². The number of epoxide rings is 1. The summed E-state index contributed by atoms with van der Waals surface area (Å²) in [6, 6.07) is 7.09. The van der Waals surface area contributed by atoms with Crippen LogP contribution >= 0.6 is 0 Å². The van der Waals surface area contributed by atoms with E-state index in [2.05, 4.69) is 0 Å². The summed E-state index contributed by atoms with van der Waals surface area (Å²) in [5, 5.41) is 0. The molecule has 2 rings (SSSR count). The molecule has 0 N–H and O–H groups in total. The van der Waals surface area contributed by atoms with Crippen molar-refractivity contribution in [2.24, 2.45) is 0 Å². The van der Waals surface area contributed by atoms with E-state index < -0.39 is 6.16 Å². The number of rotatable bonds is 6. The van der Waals surface area contributed by atoms with E-state index in [1.807, 2.05) is 31.2 Å². The number of carbonyl (C=O) groups is 1. The first kappa shape index (κ1) is 16.9. The molecule has 0 aliphatic carbocycles. The molecule has 5 nitrogen and oxygen atoms in total. The van der Waals surface area contributed by atoms with Gasteiger partial charge in [-0.3, -0.25) is 0 Å². The van der Waals surface area contributed by atoms with Crippen LogP contribution in [0, 0.1) is 6.61 Å². The van der Waals surface area contributed by atoms with E-state index in [-0.39, 0.29) is 34.0 Å². The van der Waals surface area contributed by atoms with Gasteiger partial charge in [-0.15, -0.1) is 0 Å². The molecule has 1 fully saturated rings. The largest absolute Gasteiger partial charge is 0.568 e. The molecule has 1 aliphatic rings. The topological polar surface area (TPSA) is 57.3 Å². The maximum Gasteiger partial charge on any atom is 0.515 e. The van der Waals surface area contributed by atoms with Gasteiger partial charge in [0.05, 0.1) is 0 Å². The van der Waals surface area contributed by atoms with Gasteiger partial charge >= 0.3 is 6.16 Å². The molecule has 1 unspecified atom stereocenters. The van der Waals surface area contributed by atoms with Crippen LogP contribution in [0.4, 0.5) is 4.79 Å². The van der Waals surface area contributed by atoms with Crippen LogP contribution in [0.5, 0.6) is 5.75 Å². The van der Waals surface area contributed by atoms with E-state index in [0.29, 0.717) is 12.4 Å². The van der Waals surface area contributed by atoms with Crippen LogP contribution in [-0.4, -0.2) is 25.7 Å². The number of hydrogen-bond donors (Lipinski definition) is 0. The molecule has 0 spiro atoms. The Morgan fingerprint density at radius 3 is 2.70 bits per heavy atom. The van der Waals surface area contributed by atoms with Crippen molar-refractivity contribution in [3.05, 3.63) is 42.5 Å². The van der Waals surface area contributed by atoms with Crippen LogP contribution in [0.1, 0.15) is 12.5 Å². The minimum absolute atomic E-state index is 0. The molecule has 0 bridgehead atoms. The van der Waals surface area contributed by atoms with Gasteiger partial charge in [0.25, 0.3) is 0 Å². The zero-order valence-electron chi connectivity index (χ0n) is 11.0. The second-order valence-corrected chi connectivity index (χ2v) is 3.86. The molecule has 0 amide bonds. The molecule has 1 saturated heterocycles. The summed E-state index contributed by atoms with van der Waals surface area (Å²) in [4.78, 5) is 11.3. The van der Waals surface area contributed by atoms with Gasteiger partial charge in [0.15, 0.2) is 6.79 Å². The Morgan fingerprint density at radius 1 is 1.40 bits per heavy atom. The normalized spacial score (nSPS) is 16.6. The summed E-state index contributed by atoms with van der Waals surface area (Å²) < 4.78 is 19.5. The Hall–Kier alpha value is -1.16. The molecule has 1 heterocycles. The van der Waals surface area contributed by atoms with Gasteiger partial charge in [-0.05, 0) is 24.6 Å². The smallest absolute Gasteiger partial charge is 0.515 e. The molecule has 1 aromatic rings. The fraction of sp³-hybridized carbons (Fsp3) is 0.286. The third-order valence-electron chi connectivity index (χ3n) is 2.31. The predicted molar refractivity (Wildman–Crippen MR) is 68.3 cm³/mol. The molecule has 6 heteroatoms. The van der Waals surface area contributed by atoms with Crippen molar-refractivity contribution in [3.63, 3.8) is 0 Å². The average molecular weight is 447 g/mol. The van der Waals surface area contributed by atoms with Crippen LogP contribution in [0.3, 0.4) is 0 Å². The SMILES string of the molecule is CC=Cc1ccc(OC(=O)OCOCC2[CH-]O2)cc1.[W]. The zero-order chi connectivity index (χ0) is 13.5. The van der Waals surface area contributed by atoms with E-state index in [9.17, 15) is 4.79 Å². The fourth-order valence-corrected chi connectivity index (χ4v) is 1.35. The summed E-state index contributed by atoms with van der Waals surface area (Å²) in [5.74, 6) is 0.428. The molecular formula is C14H15O5W-. The summed E-state index contributed by atoms with van der Waals surface area (Å²) in [6.07, 6.45) is 3.12. The van der Waals surface area contributed by atoms with E-state index in [1.54, 1.807) is 18.7 Å². The zero-order valence-corrected chi connectivity index (χ0v) is 13.9. The second-order valence-electron chi connectivity index (χ2n) is 3.86. The monoisotopic (exact) mass is 447 g/mol. The Kier molecular flexibility index (Phi) is 7.52. The van der Waals surface area contributed by atoms with Crippen LogP contribution < -0.4 is 4.74 Å². The number of ether oxygens (including phenoxy) is 4. The standard InChI is InChI=1S/C14H15O5.W/c1-2-3-11-4-6-12(7-5-11)19-14(15)18-10-16-8-13-9-17-13;/h2-7,9,13H,8,10H2,1H3;/q-1;. The fourth-order valence-electron chi connectivity index (χ4n) is 1.35. The minimum atomic E-state index is -0.792. The van der Waals surface area contributed by atoms with Crippen molar-refractivity contribution in [1.82, 2.24) is 0 Å². The van der Waals surface area contributed by atoms with Crippen molar-refractivity contribution < 1.29 is 44.8 Å². The molecule has 0 radical (unpaired) electrons. The first-order chi connectivity index (χ1) is 9.28. The van der Waals surface area contributed by atoms with Crippen LogP contribution in [0.15, 0.2) is 30.3 Å². The van der Waals surface area contributed by atoms with Crippen molar-refractivity contribution in [2.75, 3.05) is 13.4 Å². The molecule has 20 heavy (non-hydrogen) atoms. The van der Waals surface area contributed by atoms with Crippen molar-refractivity contribution >= 4 is 12.2 Å². The molecule has 0 aromatic heterocycles. The Bertz CT molecular complexity index is 439. The Balaban J connectivity index is 0.00000200. The van der Waals surface area contributed by atoms with E-state index >= 15 is 0 Å². The summed E-state index contributed by atoms with van der Waals surface area (Å²) in [7, 11) is 0. The molecule has 1 aromatic carbocycles. The van der Waals surface area contributed by atoms with Gasteiger partial charge in [-0.25, -0.2) is 4.79 Å². The summed E-state index contributed by atoms with van der Waals surface area (Å²) in [5.41, 5.74) is 1.03. The predicted octanol–water partition coefficient (Wildman–Crippen LogP) is 2.77. The van der Waals surface area contributed by atoms with Gasteiger partial charge in [0.2, 0.25) is 0 Å². The Morgan fingerprint density at radius 2 is 2.10 bits per heavy atom. The third kappa shape index (κ3) is 6.33. The van der Waals surface area contributed by atoms with E-state index in [4.69, 9.17) is 18.9 Å². The van der Waals surface area contributed by atoms with Gasteiger partial charge in [-0.1, -0.05) is 30.4 Å². The first-order valence-electron chi connectivity index (χ1n) is 5.92. The maximum atomic E-state index is 11.3. The number of allylic oxidation sites excluding steroid dienone is 1. The summed E-state index contributed by atoms with van der Waals surface area (Å²) in [6.45, 7) is 3.81. The van der Waals surface area contributed by atoms with Crippen LogP contribution in [0.25, 0.3) is 6.08 Å². The summed E-state index contributed by atoms with van der Waals surface area (Å²) >= 11 is 0.